The monoisotopic (exact) mass is 362 g/mol. The van der Waals surface area contributed by atoms with E-state index in [2.05, 4.69) is 26.6 Å². The zero-order valence-electron chi connectivity index (χ0n) is 15.0. The predicted molar refractivity (Wildman–Crippen MR) is 102 cm³/mol. The molecule has 27 heavy (non-hydrogen) atoms. The van der Waals surface area contributed by atoms with E-state index in [9.17, 15) is 9.59 Å². The Bertz CT molecular complexity index is 879. The van der Waals surface area contributed by atoms with E-state index in [1.165, 1.54) is 0 Å². The van der Waals surface area contributed by atoms with Crippen molar-refractivity contribution >= 4 is 17.4 Å². The standard InChI is InChI=1S/C21H22N4O2/c26-20-11-17(7-10-23-20)24-21(27)19-14-25(12-15-5-8-22-9-6-15)13-16-3-1-2-4-18(16)19/h1-6,8-9,14,17H,7,10-13H2,(H,23,26)(H,24,27). The van der Waals surface area contributed by atoms with Crippen LogP contribution in [0.2, 0.25) is 0 Å². The van der Waals surface area contributed by atoms with Gasteiger partial charge in [0.1, 0.15) is 0 Å². The number of hydrogen-bond donors (Lipinski definition) is 2. The van der Waals surface area contributed by atoms with E-state index in [0.717, 1.165) is 29.7 Å². The molecular weight excluding hydrogens is 340 g/mol. The van der Waals surface area contributed by atoms with Crippen LogP contribution in [0.25, 0.3) is 5.57 Å². The van der Waals surface area contributed by atoms with Gasteiger partial charge >= 0.3 is 0 Å². The van der Waals surface area contributed by atoms with E-state index in [-0.39, 0.29) is 17.9 Å². The number of rotatable bonds is 4. The zero-order valence-corrected chi connectivity index (χ0v) is 15.0. The van der Waals surface area contributed by atoms with Crippen LogP contribution in [0.3, 0.4) is 0 Å². The summed E-state index contributed by atoms with van der Waals surface area (Å²) in [5.41, 5.74) is 3.88. The average Bonchev–Trinajstić information content (AvgIpc) is 2.68. The van der Waals surface area contributed by atoms with Gasteiger partial charge in [-0.3, -0.25) is 14.6 Å². The average molecular weight is 362 g/mol. The van der Waals surface area contributed by atoms with Gasteiger partial charge in [0.15, 0.2) is 0 Å². The Balaban J connectivity index is 1.56. The van der Waals surface area contributed by atoms with E-state index in [0.29, 0.717) is 25.1 Å². The molecule has 1 saturated heterocycles. The van der Waals surface area contributed by atoms with Crippen LogP contribution in [0.5, 0.6) is 0 Å². The summed E-state index contributed by atoms with van der Waals surface area (Å²) in [4.78, 5) is 30.8. The number of hydrogen-bond acceptors (Lipinski definition) is 4. The van der Waals surface area contributed by atoms with Gasteiger partial charge in [0.25, 0.3) is 5.91 Å². The van der Waals surface area contributed by atoms with E-state index >= 15 is 0 Å². The molecule has 0 bridgehead atoms. The van der Waals surface area contributed by atoms with Crippen molar-refractivity contribution in [1.29, 1.82) is 0 Å². The van der Waals surface area contributed by atoms with Crippen LogP contribution in [0.1, 0.15) is 29.5 Å². The fourth-order valence-electron chi connectivity index (χ4n) is 3.61. The Morgan fingerprint density at radius 3 is 2.85 bits per heavy atom. The lowest BCUT2D eigenvalue weighted by atomic mass is 9.95. The molecule has 6 nitrogen and oxygen atoms in total. The van der Waals surface area contributed by atoms with Gasteiger partial charge < -0.3 is 15.5 Å². The van der Waals surface area contributed by atoms with Crippen LogP contribution >= 0.6 is 0 Å². The fraction of sp³-hybridized carbons (Fsp3) is 0.286. The normalized spacial score (nSPS) is 19.0. The van der Waals surface area contributed by atoms with E-state index in [1.54, 1.807) is 12.4 Å². The number of benzene rings is 1. The number of carbonyl (C=O) groups is 2. The van der Waals surface area contributed by atoms with Crippen LogP contribution in [-0.4, -0.2) is 34.3 Å². The fourth-order valence-corrected chi connectivity index (χ4v) is 3.61. The third-order valence-corrected chi connectivity index (χ3v) is 4.95. The van der Waals surface area contributed by atoms with Crippen LogP contribution in [0.4, 0.5) is 0 Å². The molecule has 2 amide bonds. The molecule has 1 atom stereocenters. The zero-order chi connectivity index (χ0) is 18.6. The Morgan fingerprint density at radius 1 is 1.22 bits per heavy atom. The van der Waals surface area contributed by atoms with Gasteiger partial charge in [-0.05, 0) is 35.2 Å². The van der Waals surface area contributed by atoms with Crippen molar-refractivity contribution in [2.24, 2.45) is 0 Å². The van der Waals surface area contributed by atoms with E-state index in [1.807, 2.05) is 36.5 Å². The number of aromatic nitrogens is 1. The van der Waals surface area contributed by atoms with Crippen molar-refractivity contribution in [1.82, 2.24) is 20.5 Å². The smallest absolute Gasteiger partial charge is 0.253 e. The maximum Gasteiger partial charge on any atom is 0.253 e. The highest BCUT2D eigenvalue weighted by Gasteiger charge is 2.26. The molecule has 1 unspecified atom stereocenters. The van der Waals surface area contributed by atoms with Gasteiger partial charge in [0.2, 0.25) is 5.91 Å². The molecule has 2 aliphatic rings. The minimum Gasteiger partial charge on any atom is -0.368 e. The second-order valence-electron chi connectivity index (χ2n) is 6.97. The van der Waals surface area contributed by atoms with Crippen molar-refractivity contribution in [3.8, 4) is 0 Å². The molecule has 1 aromatic carbocycles. The van der Waals surface area contributed by atoms with E-state index in [4.69, 9.17) is 0 Å². The number of piperidine rings is 1. The minimum absolute atomic E-state index is 0.0103. The highest BCUT2D eigenvalue weighted by molar-refractivity contribution is 6.20. The van der Waals surface area contributed by atoms with Gasteiger partial charge in [-0.25, -0.2) is 0 Å². The van der Waals surface area contributed by atoms with Gasteiger partial charge in [0.05, 0.1) is 5.57 Å². The molecule has 0 aliphatic carbocycles. The number of nitrogens with zero attached hydrogens (tertiary/aromatic N) is 2. The predicted octanol–water partition coefficient (Wildman–Crippen LogP) is 1.83. The van der Waals surface area contributed by atoms with Crippen LogP contribution in [0, 0.1) is 0 Å². The lowest BCUT2D eigenvalue weighted by molar-refractivity contribution is -0.123. The highest BCUT2D eigenvalue weighted by atomic mass is 16.2. The molecule has 2 aliphatic heterocycles. The molecular formula is C21H22N4O2. The summed E-state index contributed by atoms with van der Waals surface area (Å²) in [5, 5.41) is 5.84. The second-order valence-corrected chi connectivity index (χ2v) is 6.97. The molecule has 6 heteroatoms. The van der Waals surface area contributed by atoms with Gasteiger partial charge in [-0.15, -0.1) is 0 Å². The van der Waals surface area contributed by atoms with Crippen molar-refractivity contribution in [3.05, 3.63) is 71.7 Å². The summed E-state index contributed by atoms with van der Waals surface area (Å²) >= 11 is 0. The summed E-state index contributed by atoms with van der Waals surface area (Å²) in [6, 6.07) is 11.8. The quantitative estimate of drug-likeness (QED) is 0.870. The Hall–Kier alpha value is -3.15. The molecule has 2 N–H and O–H groups in total. The maximum atomic E-state index is 13.0. The second kappa shape index (κ2) is 7.61. The van der Waals surface area contributed by atoms with Crippen molar-refractivity contribution in [2.75, 3.05) is 6.54 Å². The summed E-state index contributed by atoms with van der Waals surface area (Å²) in [5.74, 6) is -0.134. The number of carbonyl (C=O) groups excluding carboxylic acids is 2. The van der Waals surface area contributed by atoms with Crippen LogP contribution in [0.15, 0.2) is 55.0 Å². The van der Waals surface area contributed by atoms with Crippen molar-refractivity contribution in [2.45, 2.75) is 32.0 Å². The first-order valence-corrected chi connectivity index (χ1v) is 9.19. The number of fused-ring (bicyclic) bond motifs is 1. The van der Waals surface area contributed by atoms with E-state index < -0.39 is 0 Å². The largest absolute Gasteiger partial charge is 0.368 e. The lowest BCUT2D eigenvalue weighted by Crippen LogP contribution is -2.46. The first-order valence-electron chi connectivity index (χ1n) is 9.19. The summed E-state index contributed by atoms with van der Waals surface area (Å²) in [6.45, 7) is 2.06. The Morgan fingerprint density at radius 2 is 2.04 bits per heavy atom. The molecule has 138 valence electrons. The topological polar surface area (TPSA) is 74.3 Å². The first-order chi connectivity index (χ1) is 13.2. The molecule has 0 saturated carbocycles. The number of pyridine rings is 1. The van der Waals surface area contributed by atoms with Gasteiger partial charge in [0, 0.05) is 50.7 Å². The van der Waals surface area contributed by atoms with Crippen molar-refractivity contribution < 1.29 is 9.59 Å². The Labute approximate surface area is 158 Å². The molecule has 1 aromatic heterocycles. The summed E-state index contributed by atoms with van der Waals surface area (Å²) in [7, 11) is 0. The maximum absolute atomic E-state index is 13.0. The third kappa shape index (κ3) is 4.00. The Kier molecular flexibility index (Phi) is 4.87. The van der Waals surface area contributed by atoms with Crippen LogP contribution in [-0.2, 0) is 22.7 Å². The summed E-state index contributed by atoms with van der Waals surface area (Å²) < 4.78 is 0. The number of amides is 2. The lowest BCUT2D eigenvalue weighted by Gasteiger charge is -2.30. The third-order valence-electron chi connectivity index (χ3n) is 4.95. The molecule has 1 fully saturated rings. The molecule has 0 spiro atoms. The molecule has 4 rings (SSSR count). The van der Waals surface area contributed by atoms with Crippen molar-refractivity contribution in [3.63, 3.8) is 0 Å². The van der Waals surface area contributed by atoms with Gasteiger partial charge in [-0.1, -0.05) is 24.3 Å². The highest BCUT2D eigenvalue weighted by Crippen LogP contribution is 2.28. The SMILES string of the molecule is O=C1CC(NC(=O)C2=CN(Cc3ccncc3)Cc3ccccc32)CCN1. The minimum atomic E-state index is -0.124. The summed E-state index contributed by atoms with van der Waals surface area (Å²) in [6.07, 6.45) is 6.58. The number of nitrogens with one attached hydrogen (secondary N) is 2. The van der Waals surface area contributed by atoms with Gasteiger partial charge in [-0.2, -0.15) is 0 Å². The molecule has 3 heterocycles. The van der Waals surface area contributed by atoms with Crippen LogP contribution < -0.4 is 10.6 Å². The molecule has 0 radical (unpaired) electrons. The molecule has 2 aromatic rings. The first kappa shape index (κ1) is 17.3.